The first-order valence-electron chi connectivity index (χ1n) is 6.84. The van der Waals surface area contributed by atoms with Gasteiger partial charge in [-0.15, -0.1) is 0 Å². The van der Waals surface area contributed by atoms with Crippen molar-refractivity contribution in [3.63, 3.8) is 0 Å². The SMILES string of the molecule is CN(C)c1ccc(/C=C\C=N\NC(=O)c2ccncc2)cc1. The van der Waals surface area contributed by atoms with E-state index in [9.17, 15) is 4.79 Å². The fraction of sp³-hybridized carbons (Fsp3) is 0.118. The van der Waals surface area contributed by atoms with Gasteiger partial charge >= 0.3 is 0 Å². The van der Waals surface area contributed by atoms with Crippen molar-refractivity contribution in [3.8, 4) is 0 Å². The third kappa shape index (κ3) is 4.56. The Morgan fingerprint density at radius 3 is 2.45 bits per heavy atom. The number of pyridine rings is 1. The average molecular weight is 294 g/mol. The first-order valence-corrected chi connectivity index (χ1v) is 6.84. The van der Waals surface area contributed by atoms with Gasteiger partial charge in [-0.2, -0.15) is 5.10 Å². The quantitative estimate of drug-likeness (QED) is 0.681. The van der Waals surface area contributed by atoms with Gasteiger partial charge in [0.05, 0.1) is 0 Å². The summed E-state index contributed by atoms with van der Waals surface area (Å²) in [7, 11) is 4.01. The monoisotopic (exact) mass is 294 g/mol. The second-order valence-corrected chi connectivity index (χ2v) is 4.80. The molecule has 1 aromatic carbocycles. The molecule has 22 heavy (non-hydrogen) atoms. The van der Waals surface area contributed by atoms with Gasteiger partial charge in [0.25, 0.3) is 5.91 Å². The lowest BCUT2D eigenvalue weighted by molar-refractivity contribution is 0.0955. The van der Waals surface area contributed by atoms with Crippen LogP contribution in [0.15, 0.2) is 60.0 Å². The van der Waals surface area contributed by atoms with Gasteiger partial charge in [0.15, 0.2) is 0 Å². The van der Waals surface area contributed by atoms with Crippen LogP contribution in [-0.2, 0) is 0 Å². The number of hydrogen-bond donors (Lipinski definition) is 1. The summed E-state index contributed by atoms with van der Waals surface area (Å²) in [5.41, 5.74) is 5.19. The lowest BCUT2D eigenvalue weighted by Crippen LogP contribution is -2.17. The van der Waals surface area contributed by atoms with Crippen LogP contribution in [0.1, 0.15) is 15.9 Å². The zero-order valence-electron chi connectivity index (χ0n) is 12.6. The highest BCUT2D eigenvalue weighted by atomic mass is 16.2. The Bertz CT molecular complexity index is 661. The molecule has 0 saturated heterocycles. The minimum absolute atomic E-state index is 0.262. The zero-order chi connectivity index (χ0) is 15.8. The summed E-state index contributed by atoms with van der Waals surface area (Å²) >= 11 is 0. The topological polar surface area (TPSA) is 57.6 Å². The van der Waals surface area contributed by atoms with E-state index in [0.717, 1.165) is 11.3 Å². The molecule has 0 spiro atoms. The van der Waals surface area contributed by atoms with Crippen LogP contribution in [0.25, 0.3) is 6.08 Å². The van der Waals surface area contributed by atoms with Gasteiger partial charge in [-0.25, -0.2) is 5.43 Å². The Labute approximate surface area is 130 Å². The Morgan fingerprint density at radius 1 is 1.14 bits per heavy atom. The van der Waals surface area contributed by atoms with Gasteiger partial charge in [-0.3, -0.25) is 9.78 Å². The highest BCUT2D eigenvalue weighted by Crippen LogP contribution is 2.12. The molecule has 1 heterocycles. The predicted molar refractivity (Wildman–Crippen MR) is 90.0 cm³/mol. The Balaban J connectivity index is 1.85. The highest BCUT2D eigenvalue weighted by Gasteiger charge is 2.01. The number of aromatic nitrogens is 1. The van der Waals surface area contributed by atoms with E-state index in [-0.39, 0.29) is 5.91 Å². The molecule has 1 N–H and O–H groups in total. The van der Waals surface area contributed by atoms with Crippen molar-refractivity contribution < 1.29 is 4.79 Å². The van der Waals surface area contributed by atoms with E-state index in [0.29, 0.717) is 5.56 Å². The van der Waals surface area contributed by atoms with Crippen molar-refractivity contribution >= 4 is 23.9 Å². The molecule has 1 aromatic heterocycles. The number of carbonyl (C=O) groups excluding carboxylic acids is 1. The molecule has 0 saturated carbocycles. The van der Waals surface area contributed by atoms with Crippen molar-refractivity contribution in [2.24, 2.45) is 5.10 Å². The summed E-state index contributed by atoms with van der Waals surface area (Å²) in [6, 6.07) is 11.4. The molecule has 2 aromatic rings. The lowest BCUT2D eigenvalue weighted by Gasteiger charge is -2.11. The lowest BCUT2D eigenvalue weighted by atomic mass is 10.2. The maximum absolute atomic E-state index is 11.7. The van der Waals surface area contributed by atoms with Gasteiger partial charge in [0, 0.05) is 44.0 Å². The number of allylic oxidation sites excluding steroid dienone is 1. The summed E-state index contributed by atoms with van der Waals surface area (Å²) in [6.07, 6.45) is 8.36. The van der Waals surface area contributed by atoms with Crippen LogP contribution < -0.4 is 10.3 Å². The van der Waals surface area contributed by atoms with E-state index in [1.54, 1.807) is 36.8 Å². The molecular formula is C17H18N4O. The number of nitrogens with one attached hydrogen (secondary N) is 1. The largest absolute Gasteiger partial charge is 0.378 e. The van der Waals surface area contributed by atoms with Gasteiger partial charge < -0.3 is 4.90 Å². The molecule has 0 aliphatic heterocycles. The summed E-state index contributed by atoms with van der Waals surface area (Å²) < 4.78 is 0. The van der Waals surface area contributed by atoms with E-state index in [1.165, 1.54) is 0 Å². The Kier molecular flexibility index (Phi) is 5.43. The van der Waals surface area contributed by atoms with E-state index >= 15 is 0 Å². The van der Waals surface area contributed by atoms with E-state index < -0.39 is 0 Å². The number of hydrazone groups is 1. The first kappa shape index (κ1) is 15.4. The Morgan fingerprint density at radius 2 is 1.82 bits per heavy atom. The van der Waals surface area contributed by atoms with Crippen molar-refractivity contribution in [1.82, 2.24) is 10.4 Å². The second-order valence-electron chi connectivity index (χ2n) is 4.80. The van der Waals surface area contributed by atoms with Gasteiger partial charge in [-0.1, -0.05) is 18.2 Å². The maximum atomic E-state index is 11.7. The summed E-state index contributed by atoms with van der Waals surface area (Å²) in [4.78, 5) is 17.6. The summed E-state index contributed by atoms with van der Waals surface area (Å²) in [6.45, 7) is 0. The van der Waals surface area contributed by atoms with Crippen LogP contribution in [0.3, 0.4) is 0 Å². The number of anilines is 1. The molecule has 112 valence electrons. The van der Waals surface area contributed by atoms with Crippen molar-refractivity contribution in [2.75, 3.05) is 19.0 Å². The molecule has 0 fully saturated rings. The normalized spacial score (nSPS) is 11.0. The van der Waals surface area contributed by atoms with Gasteiger partial charge in [0.1, 0.15) is 0 Å². The van der Waals surface area contributed by atoms with Crippen LogP contribution in [0, 0.1) is 0 Å². The molecular weight excluding hydrogens is 276 g/mol. The van der Waals surface area contributed by atoms with Crippen LogP contribution in [-0.4, -0.2) is 31.2 Å². The standard InChI is InChI=1S/C17H18N4O/c1-21(2)16-7-5-14(6-8-16)4-3-11-19-20-17(22)15-9-12-18-13-10-15/h3-13H,1-2H3,(H,20,22)/b4-3-,19-11+. The molecule has 0 aliphatic carbocycles. The molecule has 1 amide bonds. The fourth-order valence-electron chi connectivity index (χ4n) is 1.74. The average Bonchev–Trinajstić information content (AvgIpc) is 2.55. The fourth-order valence-corrected chi connectivity index (χ4v) is 1.74. The minimum atomic E-state index is -0.262. The van der Waals surface area contributed by atoms with Crippen LogP contribution in [0.5, 0.6) is 0 Å². The molecule has 0 radical (unpaired) electrons. The molecule has 0 aliphatic rings. The van der Waals surface area contributed by atoms with E-state index in [1.807, 2.05) is 49.3 Å². The number of benzene rings is 1. The summed E-state index contributed by atoms with van der Waals surface area (Å²) in [5, 5.41) is 3.87. The van der Waals surface area contributed by atoms with Crippen molar-refractivity contribution in [1.29, 1.82) is 0 Å². The molecule has 5 nitrogen and oxygen atoms in total. The zero-order valence-corrected chi connectivity index (χ0v) is 12.6. The van der Waals surface area contributed by atoms with Crippen molar-refractivity contribution in [2.45, 2.75) is 0 Å². The van der Waals surface area contributed by atoms with Crippen LogP contribution in [0.2, 0.25) is 0 Å². The maximum Gasteiger partial charge on any atom is 0.271 e. The molecule has 0 unspecified atom stereocenters. The number of hydrogen-bond acceptors (Lipinski definition) is 4. The predicted octanol–water partition coefficient (Wildman–Crippen LogP) is 2.58. The minimum Gasteiger partial charge on any atom is -0.378 e. The highest BCUT2D eigenvalue weighted by molar-refractivity contribution is 5.94. The molecule has 0 atom stereocenters. The van der Waals surface area contributed by atoms with Crippen LogP contribution >= 0.6 is 0 Å². The molecule has 2 rings (SSSR count). The van der Waals surface area contributed by atoms with Crippen LogP contribution in [0.4, 0.5) is 5.69 Å². The van der Waals surface area contributed by atoms with E-state index in [2.05, 4.69) is 15.5 Å². The molecule has 5 heteroatoms. The summed E-state index contributed by atoms with van der Waals surface area (Å²) in [5.74, 6) is -0.262. The van der Waals surface area contributed by atoms with E-state index in [4.69, 9.17) is 0 Å². The van der Waals surface area contributed by atoms with Gasteiger partial charge in [-0.05, 0) is 35.9 Å². The Hall–Kier alpha value is -2.95. The van der Waals surface area contributed by atoms with Gasteiger partial charge in [0.2, 0.25) is 0 Å². The third-order valence-electron chi connectivity index (χ3n) is 2.97. The number of amides is 1. The molecule has 0 bridgehead atoms. The number of carbonyl (C=O) groups is 1. The second kappa shape index (κ2) is 7.73. The number of nitrogens with zero attached hydrogens (tertiary/aromatic N) is 3. The first-order chi connectivity index (χ1) is 10.7. The third-order valence-corrected chi connectivity index (χ3v) is 2.97. The smallest absolute Gasteiger partial charge is 0.271 e. The van der Waals surface area contributed by atoms with Crippen molar-refractivity contribution in [3.05, 3.63) is 66.0 Å². The number of rotatable bonds is 5.